The fraction of sp³-hybridized carbons (Fsp3) is 0.615. The number of hydrogen-bond acceptors (Lipinski definition) is 3. The van der Waals surface area contributed by atoms with Gasteiger partial charge in [0, 0.05) is 32.8 Å². The van der Waals surface area contributed by atoms with Gasteiger partial charge in [-0.05, 0) is 19.8 Å². The first-order chi connectivity index (χ1) is 9.08. The SMILES string of the molecule is Cc1nn(C)cc1N1CCC(=O)N2CCCC2C1=O. The van der Waals surface area contributed by atoms with Gasteiger partial charge in [-0.15, -0.1) is 0 Å². The Morgan fingerprint density at radius 3 is 2.79 bits per heavy atom. The van der Waals surface area contributed by atoms with E-state index in [1.165, 1.54) is 0 Å². The molecule has 0 aliphatic carbocycles. The highest BCUT2D eigenvalue weighted by atomic mass is 16.2. The fourth-order valence-corrected chi connectivity index (χ4v) is 3.05. The van der Waals surface area contributed by atoms with Gasteiger partial charge in [0.15, 0.2) is 0 Å². The van der Waals surface area contributed by atoms with Crippen molar-refractivity contribution in [3.63, 3.8) is 0 Å². The Morgan fingerprint density at radius 1 is 1.32 bits per heavy atom. The minimum absolute atomic E-state index is 0.0412. The van der Waals surface area contributed by atoms with Gasteiger partial charge < -0.3 is 9.80 Å². The van der Waals surface area contributed by atoms with Crippen molar-refractivity contribution < 1.29 is 9.59 Å². The van der Waals surface area contributed by atoms with Crippen molar-refractivity contribution >= 4 is 17.5 Å². The number of hydrogen-bond donors (Lipinski definition) is 0. The Labute approximate surface area is 112 Å². The van der Waals surface area contributed by atoms with E-state index in [9.17, 15) is 9.59 Å². The summed E-state index contributed by atoms with van der Waals surface area (Å²) in [6.45, 7) is 3.06. The predicted octanol–water partition coefficient (Wildman–Crippen LogP) is 0.456. The minimum Gasteiger partial charge on any atom is -0.331 e. The van der Waals surface area contributed by atoms with Crippen LogP contribution in [-0.4, -0.2) is 45.6 Å². The Balaban J connectivity index is 1.96. The van der Waals surface area contributed by atoms with Gasteiger partial charge in [0.25, 0.3) is 0 Å². The minimum atomic E-state index is -0.269. The highest BCUT2D eigenvalue weighted by molar-refractivity contribution is 6.01. The molecule has 6 nitrogen and oxygen atoms in total. The van der Waals surface area contributed by atoms with Crippen molar-refractivity contribution in [2.45, 2.75) is 32.2 Å². The molecule has 19 heavy (non-hydrogen) atoms. The van der Waals surface area contributed by atoms with Crippen molar-refractivity contribution in [3.8, 4) is 0 Å². The van der Waals surface area contributed by atoms with E-state index in [-0.39, 0.29) is 17.9 Å². The molecule has 3 heterocycles. The molecule has 2 saturated heterocycles. The second-order valence-electron chi connectivity index (χ2n) is 5.26. The number of aryl methyl sites for hydroxylation is 2. The summed E-state index contributed by atoms with van der Waals surface area (Å²) in [6.07, 6.45) is 3.95. The monoisotopic (exact) mass is 262 g/mol. The van der Waals surface area contributed by atoms with Crippen LogP contribution in [0.5, 0.6) is 0 Å². The van der Waals surface area contributed by atoms with E-state index >= 15 is 0 Å². The number of aromatic nitrogens is 2. The van der Waals surface area contributed by atoms with Crippen LogP contribution in [0, 0.1) is 6.92 Å². The molecular formula is C13H18N4O2. The summed E-state index contributed by atoms with van der Waals surface area (Å²) in [5, 5.41) is 4.28. The lowest BCUT2D eigenvalue weighted by Crippen LogP contribution is -2.43. The van der Waals surface area contributed by atoms with Crippen molar-refractivity contribution in [1.82, 2.24) is 14.7 Å². The molecule has 0 aromatic carbocycles. The molecule has 0 spiro atoms. The molecule has 1 aromatic heterocycles. The molecule has 6 heteroatoms. The van der Waals surface area contributed by atoms with Gasteiger partial charge >= 0.3 is 0 Å². The normalized spacial score (nSPS) is 23.8. The third kappa shape index (κ3) is 1.91. The van der Waals surface area contributed by atoms with Crippen molar-refractivity contribution in [2.75, 3.05) is 18.0 Å². The highest BCUT2D eigenvalue weighted by Crippen LogP contribution is 2.28. The molecule has 0 N–H and O–H groups in total. The van der Waals surface area contributed by atoms with Gasteiger partial charge in [0.05, 0.1) is 11.4 Å². The summed E-state index contributed by atoms with van der Waals surface area (Å²) in [5.74, 6) is 0.138. The Kier molecular flexibility index (Phi) is 2.80. The standard InChI is InChI=1S/C13H18N4O2/c1-9-11(8-15(2)14-9)17-7-5-12(18)16-6-3-4-10(16)13(17)19/h8,10H,3-7H2,1-2H3. The molecule has 0 radical (unpaired) electrons. The zero-order valence-electron chi connectivity index (χ0n) is 11.3. The second-order valence-corrected chi connectivity index (χ2v) is 5.26. The summed E-state index contributed by atoms with van der Waals surface area (Å²) in [6, 6.07) is -0.269. The zero-order valence-corrected chi connectivity index (χ0v) is 11.3. The number of amides is 2. The number of fused-ring (bicyclic) bond motifs is 1. The Bertz CT molecular complexity index is 537. The molecule has 1 atom stereocenters. The lowest BCUT2D eigenvalue weighted by Gasteiger charge is -2.24. The van der Waals surface area contributed by atoms with Crippen LogP contribution < -0.4 is 4.90 Å². The highest BCUT2D eigenvalue weighted by Gasteiger charge is 2.40. The van der Waals surface area contributed by atoms with E-state index in [2.05, 4.69) is 5.10 Å². The number of nitrogens with zero attached hydrogens (tertiary/aromatic N) is 4. The molecule has 3 rings (SSSR count). The van der Waals surface area contributed by atoms with Gasteiger partial charge in [-0.1, -0.05) is 0 Å². The largest absolute Gasteiger partial charge is 0.331 e. The molecular weight excluding hydrogens is 244 g/mol. The Morgan fingerprint density at radius 2 is 2.11 bits per heavy atom. The first kappa shape index (κ1) is 12.2. The van der Waals surface area contributed by atoms with E-state index in [0.29, 0.717) is 13.0 Å². The van der Waals surface area contributed by atoms with Crippen molar-refractivity contribution in [1.29, 1.82) is 0 Å². The van der Waals surface area contributed by atoms with Gasteiger partial charge in [-0.25, -0.2) is 0 Å². The molecule has 1 unspecified atom stereocenters. The van der Waals surface area contributed by atoms with Crippen LogP contribution in [0.15, 0.2) is 6.20 Å². The maximum Gasteiger partial charge on any atom is 0.249 e. The van der Waals surface area contributed by atoms with Gasteiger partial charge in [0.2, 0.25) is 11.8 Å². The lowest BCUT2D eigenvalue weighted by atomic mass is 10.2. The topological polar surface area (TPSA) is 58.4 Å². The van der Waals surface area contributed by atoms with Crippen LogP contribution in [0.1, 0.15) is 25.0 Å². The summed E-state index contributed by atoms with van der Waals surface area (Å²) < 4.78 is 1.71. The van der Waals surface area contributed by atoms with Gasteiger partial charge in [-0.3, -0.25) is 14.3 Å². The second kappa shape index (κ2) is 4.36. The maximum absolute atomic E-state index is 12.6. The first-order valence-electron chi connectivity index (χ1n) is 6.69. The van der Waals surface area contributed by atoms with Crippen LogP contribution >= 0.6 is 0 Å². The summed E-state index contributed by atoms with van der Waals surface area (Å²) >= 11 is 0. The molecule has 0 bridgehead atoms. The van der Waals surface area contributed by atoms with Crippen LogP contribution in [-0.2, 0) is 16.6 Å². The van der Waals surface area contributed by atoms with Gasteiger partial charge in [-0.2, -0.15) is 5.10 Å². The fourth-order valence-electron chi connectivity index (χ4n) is 3.05. The van der Waals surface area contributed by atoms with E-state index in [0.717, 1.165) is 30.8 Å². The molecule has 1 aromatic rings. The van der Waals surface area contributed by atoms with Crippen LogP contribution in [0.25, 0.3) is 0 Å². The van der Waals surface area contributed by atoms with Crippen LogP contribution in [0.3, 0.4) is 0 Å². The van der Waals surface area contributed by atoms with E-state index in [1.807, 2.05) is 20.2 Å². The van der Waals surface area contributed by atoms with Crippen molar-refractivity contribution in [3.05, 3.63) is 11.9 Å². The molecule has 2 amide bonds. The summed E-state index contributed by atoms with van der Waals surface area (Å²) in [5.41, 5.74) is 1.66. The number of rotatable bonds is 1. The molecule has 2 aliphatic rings. The van der Waals surface area contributed by atoms with Crippen molar-refractivity contribution in [2.24, 2.45) is 7.05 Å². The first-order valence-corrected chi connectivity index (χ1v) is 6.69. The number of carbonyl (C=O) groups excluding carboxylic acids is 2. The molecule has 2 fully saturated rings. The average molecular weight is 262 g/mol. The lowest BCUT2D eigenvalue weighted by molar-refractivity contribution is -0.135. The van der Waals surface area contributed by atoms with Crippen LogP contribution in [0.4, 0.5) is 5.69 Å². The summed E-state index contributed by atoms with van der Waals surface area (Å²) in [4.78, 5) is 28.1. The van der Waals surface area contributed by atoms with Gasteiger partial charge in [0.1, 0.15) is 6.04 Å². The van der Waals surface area contributed by atoms with E-state index in [1.54, 1.807) is 14.5 Å². The molecule has 2 aliphatic heterocycles. The van der Waals surface area contributed by atoms with E-state index in [4.69, 9.17) is 0 Å². The quantitative estimate of drug-likeness (QED) is 0.738. The molecule has 102 valence electrons. The third-order valence-electron chi connectivity index (χ3n) is 3.95. The maximum atomic E-state index is 12.6. The predicted molar refractivity (Wildman–Crippen MR) is 69.7 cm³/mol. The third-order valence-corrected chi connectivity index (χ3v) is 3.95. The summed E-state index contributed by atoms with van der Waals surface area (Å²) in [7, 11) is 1.84. The Hall–Kier alpha value is -1.85. The average Bonchev–Trinajstić information content (AvgIpc) is 2.93. The zero-order chi connectivity index (χ0) is 13.6. The molecule has 0 saturated carbocycles. The number of anilines is 1. The van der Waals surface area contributed by atoms with E-state index < -0.39 is 0 Å². The van der Waals surface area contributed by atoms with Crippen LogP contribution in [0.2, 0.25) is 0 Å². The number of carbonyl (C=O) groups is 2. The smallest absolute Gasteiger partial charge is 0.249 e.